The van der Waals surface area contributed by atoms with Gasteiger partial charge in [-0.15, -0.1) is 12.4 Å². The highest BCUT2D eigenvalue weighted by molar-refractivity contribution is 5.85. The Morgan fingerprint density at radius 1 is 1.53 bits per heavy atom. The van der Waals surface area contributed by atoms with Crippen molar-refractivity contribution in [2.45, 2.75) is 25.0 Å². The fraction of sp³-hybridized carbons (Fsp3) is 0.600. The molecule has 0 amide bonds. The van der Waals surface area contributed by atoms with Gasteiger partial charge < -0.3 is 15.9 Å². The van der Waals surface area contributed by atoms with Crippen LogP contribution in [0.3, 0.4) is 0 Å². The fourth-order valence-electron chi connectivity index (χ4n) is 2.20. The van der Waals surface area contributed by atoms with Gasteiger partial charge in [0.25, 0.3) is 0 Å². The lowest BCUT2D eigenvalue weighted by Crippen LogP contribution is -2.26. The third-order valence-electron chi connectivity index (χ3n) is 3.11. The van der Waals surface area contributed by atoms with E-state index in [2.05, 4.69) is 4.98 Å². The topological polar surface area (TPSA) is 101 Å². The van der Waals surface area contributed by atoms with Gasteiger partial charge in [0.05, 0.1) is 6.10 Å². The summed E-state index contributed by atoms with van der Waals surface area (Å²) in [5.41, 5.74) is 4.99. The first-order chi connectivity index (χ1) is 7.61. The summed E-state index contributed by atoms with van der Waals surface area (Å²) in [6, 6.07) is 1.45. The van der Waals surface area contributed by atoms with Crippen molar-refractivity contribution < 1.29 is 10.2 Å². The Hall–Kier alpha value is -1.11. The number of nitrogens with zero attached hydrogens (tertiary/aromatic N) is 2. The van der Waals surface area contributed by atoms with Gasteiger partial charge in [-0.1, -0.05) is 0 Å². The number of anilines is 1. The molecule has 0 aromatic carbocycles. The summed E-state index contributed by atoms with van der Waals surface area (Å²) in [5.74, 6) is 0.0351. The number of hydrogen-bond acceptors (Lipinski definition) is 5. The lowest BCUT2D eigenvalue weighted by Gasteiger charge is -2.12. The standard InChI is InChI=1S/C10H15N3O3.ClH/c11-9-1-2-13(10(16)12-9)7-3-6(5-14)8(15)4-7;/h1-2,6-8,14-15H,3-5H2,(H2,11,12,16);1H. The van der Waals surface area contributed by atoms with Crippen molar-refractivity contribution in [2.24, 2.45) is 5.92 Å². The molecule has 0 saturated heterocycles. The van der Waals surface area contributed by atoms with Gasteiger partial charge in [0, 0.05) is 24.8 Å². The van der Waals surface area contributed by atoms with E-state index in [0.29, 0.717) is 12.8 Å². The Kier molecular flexibility index (Phi) is 4.50. The van der Waals surface area contributed by atoms with E-state index in [9.17, 15) is 9.90 Å². The van der Waals surface area contributed by atoms with Gasteiger partial charge in [-0.25, -0.2) is 4.79 Å². The summed E-state index contributed by atoms with van der Waals surface area (Å²) in [4.78, 5) is 15.2. The molecule has 1 saturated carbocycles. The molecule has 96 valence electrons. The molecular weight excluding hydrogens is 246 g/mol. The number of rotatable bonds is 2. The van der Waals surface area contributed by atoms with E-state index in [1.165, 1.54) is 4.57 Å². The molecule has 0 radical (unpaired) electrons. The van der Waals surface area contributed by atoms with Crippen LogP contribution < -0.4 is 11.4 Å². The molecule has 1 heterocycles. The van der Waals surface area contributed by atoms with Gasteiger partial charge in [0.2, 0.25) is 0 Å². The Balaban J connectivity index is 0.00000144. The van der Waals surface area contributed by atoms with Crippen molar-refractivity contribution in [3.05, 3.63) is 22.7 Å². The predicted molar refractivity (Wildman–Crippen MR) is 65.0 cm³/mol. The number of aliphatic hydroxyl groups is 2. The number of aromatic nitrogens is 2. The highest BCUT2D eigenvalue weighted by Gasteiger charge is 2.33. The summed E-state index contributed by atoms with van der Waals surface area (Å²) < 4.78 is 1.47. The quantitative estimate of drug-likeness (QED) is 0.669. The van der Waals surface area contributed by atoms with Crippen LogP contribution in [0.2, 0.25) is 0 Å². The van der Waals surface area contributed by atoms with Crippen LogP contribution in [-0.2, 0) is 0 Å². The van der Waals surface area contributed by atoms with Crippen molar-refractivity contribution in [1.82, 2.24) is 9.55 Å². The first-order valence-corrected chi connectivity index (χ1v) is 5.25. The molecule has 1 aromatic rings. The van der Waals surface area contributed by atoms with E-state index >= 15 is 0 Å². The molecule has 2 rings (SSSR count). The molecule has 1 aliphatic rings. The van der Waals surface area contributed by atoms with Gasteiger partial charge in [0.15, 0.2) is 0 Å². The van der Waals surface area contributed by atoms with Gasteiger partial charge in [-0.2, -0.15) is 4.98 Å². The van der Waals surface area contributed by atoms with Gasteiger partial charge in [-0.3, -0.25) is 4.57 Å². The molecule has 0 spiro atoms. The maximum Gasteiger partial charge on any atom is 0.349 e. The summed E-state index contributed by atoms with van der Waals surface area (Å²) >= 11 is 0. The van der Waals surface area contributed by atoms with E-state index in [-0.39, 0.29) is 36.8 Å². The first kappa shape index (κ1) is 14.0. The molecule has 1 aromatic heterocycles. The number of halogens is 1. The maximum absolute atomic E-state index is 11.6. The number of nitrogens with two attached hydrogens (primary N) is 1. The third-order valence-corrected chi connectivity index (χ3v) is 3.11. The van der Waals surface area contributed by atoms with Crippen molar-refractivity contribution in [2.75, 3.05) is 12.3 Å². The van der Waals surface area contributed by atoms with Crippen LogP contribution >= 0.6 is 12.4 Å². The number of aliphatic hydroxyl groups excluding tert-OH is 2. The Morgan fingerprint density at radius 2 is 2.24 bits per heavy atom. The molecule has 3 atom stereocenters. The summed E-state index contributed by atoms with van der Waals surface area (Å²) in [6.07, 6.45) is 2.08. The minimum absolute atomic E-state index is 0. The third kappa shape index (κ3) is 2.77. The molecule has 1 aliphatic carbocycles. The lowest BCUT2D eigenvalue weighted by molar-refractivity contribution is 0.0906. The first-order valence-electron chi connectivity index (χ1n) is 5.25. The zero-order valence-corrected chi connectivity index (χ0v) is 10.0. The van der Waals surface area contributed by atoms with E-state index in [4.69, 9.17) is 10.8 Å². The van der Waals surface area contributed by atoms with E-state index in [1.807, 2.05) is 0 Å². The normalized spacial score (nSPS) is 27.8. The SMILES string of the molecule is Cl.Nc1ccn(C2CC(O)C(CO)C2)c(=O)n1. The van der Waals surface area contributed by atoms with Crippen LogP contribution in [-0.4, -0.2) is 32.5 Å². The summed E-state index contributed by atoms with van der Waals surface area (Å²) in [5, 5.41) is 18.7. The molecule has 1 fully saturated rings. The molecular formula is C10H16ClN3O3. The summed E-state index contributed by atoms with van der Waals surface area (Å²) in [7, 11) is 0. The highest BCUT2D eigenvalue weighted by atomic mass is 35.5. The minimum Gasteiger partial charge on any atom is -0.396 e. The molecule has 4 N–H and O–H groups in total. The largest absolute Gasteiger partial charge is 0.396 e. The van der Waals surface area contributed by atoms with Crippen LogP contribution in [0.25, 0.3) is 0 Å². The molecule has 0 bridgehead atoms. The molecule has 0 aliphatic heterocycles. The van der Waals surface area contributed by atoms with Gasteiger partial charge >= 0.3 is 5.69 Å². The van der Waals surface area contributed by atoms with Crippen LogP contribution in [0, 0.1) is 5.92 Å². The van der Waals surface area contributed by atoms with E-state index < -0.39 is 11.8 Å². The van der Waals surface area contributed by atoms with Crippen LogP contribution in [0.15, 0.2) is 17.1 Å². The van der Waals surface area contributed by atoms with Crippen molar-refractivity contribution in [3.63, 3.8) is 0 Å². The van der Waals surface area contributed by atoms with Crippen LogP contribution in [0.5, 0.6) is 0 Å². The van der Waals surface area contributed by atoms with Crippen LogP contribution in [0.4, 0.5) is 5.82 Å². The van der Waals surface area contributed by atoms with Crippen molar-refractivity contribution in [1.29, 1.82) is 0 Å². The second kappa shape index (κ2) is 5.48. The van der Waals surface area contributed by atoms with Gasteiger partial charge in [0.1, 0.15) is 5.82 Å². The lowest BCUT2D eigenvalue weighted by atomic mass is 10.1. The second-order valence-corrected chi connectivity index (χ2v) is 4.18. The van der Waals surface area contributed by atoms with E-state index in [0.717, 1.165) is 0 Å². The predicted octanol–water partition coefficient (Wildman–Crippen LogP) is -0.448. The summed E-state index contributed by atoms with van der Waals surface area (Å²) in [6.45, 7) is -0.0607. The Bertz CT molecular complexity index is 437. The molecule has 7 heteroatoms. The monoisotopic (exact) mass is 261 g/mol. The van der Waals surface area contributed by atoms with E-state index in [1.54, 1.807) is 12.3 Å². The zero-order chi connectivity index (χ0) is 11.7. The average molecular weight is 262 g/mol. The molecule has 3 unspecified atom stereocenters. The highest BCUT2D eigenvalue weighted by Crippen LogP contribution is 2.33. The smallest absolute Gasteiger partial charge is 0.349 e. The maximum atomic E-state index is 11.6. The minimum atomic E-state index is -0.556. The Labute approximate surface area is 105 Å². The van der Waals surface area contributed by atoms with Crippen LogP contribution in [0.1, 0.15) is 18.9 Å². The zero-order valence-electron chi connectivity index (χ0n) is 9.19. The Morgan fingerprint density at radius 3 is 2.76 bits per heavy atom. The van der Waals surface area contributed by atoms with Crippen molar-refractivity contribution in [3.8, 4) is 0 Å². The number of hydrogen-bond donors (Lipinski definition) is 3. The van der Waals surface area contributed by atoms with Crippen molar-refractivity contribution >= 4 is 18.2 Å². The molecule has 6 nitrogen and oxygen atoms in total. The fourth-order valence-corrected chi connectivity index (χ4v) is 2.20. The molecule has 17 heavy (non-hydrogen) atoms. The van der Waals surface area contributed by atoms with Gasteiger partial charge in [-0.05, 0) is 18.9 Å². The average Bonchev–Trinajstić information content (AvgIpc) is 2.59. The number of nitrogen functional groups attached to an aromatic ring is 1. The second-order valence-electron chi connectivity index (χ2n) is 4.18.